The largest absolute Gasteiger partial charge is 0.339 e. The van der Waals surface area contributed by atoms with E-state index in [2.05, 4.69) is 0 Å². The van der Waals surface area contributed by atoms with E-state index in [4.69, 9.17) is 5.73 Å². The predicted molar refractivity (Wildman–Crippen MR) is 86.8 cm³/mol. The summed E-state index contributed by atoms with van der Waals surface area (Å²) in [6.07, 6.45) is 4.48. The highest BCUT2D eigenvalue weighted by Gasteiger charge is 2.40. The van der Waals surface area contributed by atoms with Crippen LogP contribution in [0.15, 0.2) is 16.8 Å². The average molecular weight is 321 g/mol. The first kappa shape index (κ1) is 15.5. The van der Waals surface area contributed by atoms with Gasteiger partial charge in [-0.25, -0.2) is 0 Å². The van der Waals surface area contributed by atoms with Gasteiger partial charge in [0.15, 0.2) is 0 Å². The summed E-state index contributed by atoms with van der Waals surface area (Å²) >= 11 is 1.53. The number of hydrogen-bond acceptors (Lipinski definition) is 4. The first-order chi connectivity index (χ1) is 10.6. The molecule has 0 atom stereocenters. The van der Waals surface area contributed by atoms with Gasteiger partial charge in [-0.1, -0.05) is 12.8 Å². The van der Waals surface area contributed by atoms with E-state index >= 15 is 0 Å². The van der Waals surface area contributed by atoms with Gasteiger partial charge >= 0.3 is 0 Å². The molecule has 1 aromatic heterocycles. The van der Waals surface area contributed by atoms with Gasteiger partial charge in [0.05, 0.1) is 11.1 Å². The Kier molecular flexibility index (Phi) is 4.49. The molecule has 0 bridgehead atoms. The van der Waals surface area contributed by atoms with Gasteiger partial charge in [0.2, 0.25) is 5.91 Å². The van der Waals surface area contributed by atoms with Crippen molar-refractivity contribution in [2.45, 2.75) is 37.6 Å². The van der Waals surface area contributed by atoms with Crippen LogP contribution in [0.2, 0.25) is 0 Å². The monoisotopic (exact) mass is 321 g/mol. The molecule has 0 unspecified atom stereocenters. The van der Waals surface area contributed by atoms with Crippen molar-refractivity contribution in [3.63, 3.8) is 0 Å². The summed E-state index contributed by atoms with van der Waals surface area (Å²) in [5, 5.41) is 3.79. The van der Waals surface area contributed by atoms with Crippen molar-refractivity contribution in [2.24, 2.45) is 5.73 Å². The summed E-state index contributed by atoms with van der Waals surface area (Å²) in [5.41, 5.74) is 6.37. The smallest absolute Gasteiger partial charge is 0.254 e. The minimum absolute atomic E-state index is 0.0684. The van der Waals surface area contributed by atoms with Crippen LogP contribution >= 0.6 is 11.3 Å². The molecule has 3 rings (SSSR count). The fourth-order valence-corrected chi connectivity index (χ4v) is 4.06. The van der Waals surface area contributed by atoms with Gasteiger partial charge in [-0.15, -0.1) is 0 Å². The van der Waals surface area contributed by atoms with Crippen molar-refractivity contribution in [2.75, 3.05) is 26.2 Å². The minimum Gasteiger partial charge on any atom is -0.339 e. The number of rotatable bonds is 2. The van der Waals surface area contributed by atoms with Crippen LogP contribution in [-0.2, 0) is 4.79 Å². The fourth-order valence-electron chi connectivity index (χ4n) is 3.43. The van der Waals surface area contributed by atoms with Gasteiger partial charge in [0.25, 0.3) is 5.91 Å². The van der Waals surface area contributed by atoms with Gasteiger partial charge in [-0.05, 0) is 30.7 Å². The Morgan fingerprint density at radius 1 is 1.05 bits per heavy atom. The third-order valence-corrected chi connectivity index (χ3v) is 5.44. The van der Waals surface area contributed by atoms with Gasteiger partial charge in [0.1, 0.15) is 0 Å². The van der Waals surface area contributed by atoms with Crippen molar-refractivity contribution < 1.29 is 9.59 Å². The van der Waals surface area contributed by atoms with Crippen LogP contribution in [0.25, 0.3) is 0 Å². The van der Waals surface area contributed by atoms with Gasteiger partial charge in [0, 0.05) is 31.6 Å². The van der Waals surface area contributed by atoms with E-state index in [1.165, 1.54) is 11.3 Å². The lowest BCUT2D eigenvalue weighted by molar-refractivity contribution is -0.136. The maximum absolute atomic E-state index is 12.7. The van der Waals surface area contributed by atoms with Crippen LogP contribution in [0, 0.1) is 0 Å². The lowest BCUT2D eigenvalue weighted by Gasteiger charge is -2.30. The Labute approximate surface area is 135 Å². The molecule has 1 saturated heterocycles. The molecule has 0 radical (unpaired) electrons. The van der Waals surface area contributed by atoms with Crippen molar-refractivity contribution in [1.82, 2.24) is 9.80 Å². The summed E-state index contributed by atoms with van der Waals surface area (Å²) in [4.78, 5) is 28.8. The Balaban J connectivity index is 1.62. The summed E-state index contributed by atoms with van der Waals surface area (Å²) in [7, 11) is 0. The van der Waals surface area contributed by atoms with E-state index < -0.39 is 5.54 Å². The molecular formula is C16H23N3O2S. The second kappa shape index (κ2) is 6.38. The highest BCUT2D eigenvalue weighted by molar-refractivity contribution is 7.08. The Bertz CT molecular complexity index is 538. The summed E-state index contributed by atoms with van der Waals surface area (Å²) in [5.74, 6) is 0.147. The van der Waals surface area contributed by atoms with E-state index in [1.807, 2.05) is 26.6 Å². The Hall–Kier alpha value is -1.40. The zero-order chi connectivity index (χ0) is 15.6. The molecule has 120 valence electrons. The maximum atomic E-state index is 12.7. The summed E-state index contributed by atoms with van der Waals surface area (Å²) < 4.78 is 0. The molecule has 5 nitrogen and oxygen atoms in total. The molecule has 2 aliphatic rings. The molecule has 22 heavy (non-hydrogen) atoms. The maximum Gasteiger partial charge on any atom is 0.254 e. The fraction of sp³-hybridized carbons (Fsp3) is 0.625. The molecule has 2 N–H and O–H groups in total. The second-order valence-electron chi connectivity index (χ2n) is 6.31. The Morgan fingerprint density at radius 2 is 1.73 bits per heavy atom. The standard InChI is InChI=1S/C16H23N3O2S/c17-16(5-1-2-6-16)15(21)19-8-3-7-18(9-10-19)14(20)13-4-11-22-12-13/h4,11-12H,1-3,5-10,17H2. The van der Waals surface area contributed by atoms with Crippen LogP contribution in [0.4, 0.5) is 0 Å². The first-order valence-corrected chi connectivity index (χ1v) is 8.94. The number of carbonyl (C=O) groups is 2. The highest BCUT2D eigenvalue weighted by atomic mass is 32.1. The molecule has 0 spiro atoms. The molecule has 2 fully saturated rings. The number of carbonyl (C=O) groups excluding carboxylic acids is 2. The van der Waals surface area contributed by atoms with Gasteiger partial charge in [-0.2, -0.15) is 11.3 Å². The molecule has 1 aliphatic heterocycles. The minimum atomic E-state index is -0.660. The van der Waals surface area contributed by atoms with Crippen molar-refractivity contribution >= 4 is 23.2 Å². The van der Waals surface area contributed by atoms with Crippen LogP contribution in [0.1, 0.15) is 42.5 Å². The quantitative estimate of drug-likeness (QED) is 0.901. The molecule has 6 heteroatoms. The molecule has 2 amide bonds. The molecule has 1 saturated carbocycles. The summed E-state index contributed by atoms with van der Waals surface area (Å²) in [6.45, 7) is 2.59. The van der Waals surface area contributed by atoms with E-state index in [1.54, 1.807) is 0 Å². The molecule has 1 aliphatic carbocycles. The van der Waals surface area contributed by atoms with E-state index in [9.17, 15) is 9.59 Å². The highest BCUT2D eigenvalue weighted by Crippen LogP contribution is 2.29. The number of thiophene rings is 1. The van der Waals surface area contributed by atoms with Crippen molar-refractivity contribution in [1.29, 1.82) is 0 Å². The van der Waals surface area contributed by atoms with Crippen LogP contribution in [0.3, 0.4) is 0 Å². The van der Waals surface area contributed by atoms with E-state index in [0.717, 1.165) is 37.7 Å². The second-order valence-corrected chi connectivity index (χ2v) is 7.09. The zero-order valence-electron chi connectivity index (χ0n) is 12.8. The SMILES string of the molecule is NC1(C(=O)N2CCCN(C(=O)c3ccsc3)CC2)CCCC1. The predicted octanol–water partition coefficient (Wildman–Crippen LogP) is 1.69. The third kappa shape index (κ3) is 3.03. The number of nitrogens with zero attached hydrogens (tertiary/aromatic N) is 2. The van der Waals surface area contributed by atoms with Crippen LogP contribution < -0.4 is 5.73 Å². The molecule has 1 aromatic rings. The Morgan fingerprint density at radius 3 is 2.41 bits per heavy atom. The van der Waals surface area contributed by atoms with Crippen LogP contribution in [-0.4, -0.2) is 53.3 Å². The zero-order valence-corrected chi connectivity index (χ0v) is 13.6. The lowest BCUT2D eigenvalue weighted by Crippen LogP contribution is -2.54. The van der Waals surface area contributed by atoms with Crippen molar-refractivity contribution in [3.8, 4) is 0 Å². The summed E-state index contributed by atoms with van der Waals surface area (Å²) in [6, 6.07) is 1.86. The lowest BCUT2D eigenvalue weighted by atomic mass is 9.97. The third-order valence-electron chi connectivity index (χ3n) is 4.76. The number of amides is 2. The van der Waals surface area contributed by atoms with Crippen LogP contribution in [0.5, 0.6) is 0 Å². The van der Waals surface area contributed by atoms with Gasteiger partial charge in [-0.3, -0.25) is 9.59 Å². The normalized spacial score (nSPS) is 21.7. The van der Waals surface area contributed by atoms with Crippen molar-refractivity contribution in [3.05, 3.63) is 22.4 Å². The van der Waals surface area contributed by atoms with E-state index in [0.29, 0.717) is 26.2 Å². The molecule has 0 aromatic carbocycles. The molecular weight excluding hydrogens is 298 g/mol. The van der Waals surface area contributed by atoms with E-state index in [-0.39, 0.29) is 11.8 Å². The first-order valence-electron chi connectivity index (χ1n) is 8.00. The number of nitrogens with two attached hydrogens (primary N) is 1. The topological polar surface area (TPSA) is 66.6 Å². The average Bonchev–Trinajstić information content (AvgIpc) is 3.14. The molecule has 2 heterocycles. The van der Waals surface area contributed by atoms with Gasteiger partial charge < -0.3 is 15.5 Å². The number of hydrogen-bond donors (Lipinski definition) is 1.